The molecule has 5 saturated carbocycles. The van der Waals surface area contributed by atoms with Crippen molar-refractivity contribution in [3.63, 3.8) is 0 Å². The second-order valence-electron chi connectivity index (χ2n) is 12.1. The molecule has 3 unspecified atom stereocenters. The lowest BCUT2D eigenvalue weighted by Crippen LogP contribution is -2.61. The van der Waals surface area contributed by atoms with Crippen LogP contribution >= 0.6 is 11.6 Å². The summed E-state index contributed by atoms with van der Waals surface area (Å²) in [5.74, 6) is 3.49. The van der Waals surface area contributed by atoms with E-state index in [1.54, 1.807) is 6.20 Å². The van der Waals surface area contributed by atoms with Crippen LogP contribution in [0.5, 0.6) is 0 Å². The fourth-order valence-electron chi connectivity index (χ4n) is 8.01. The number of hydrogen-bond donors (Lipinski definition) is 4. The van der Waals surface area contributed by atoms with Gasteiger partial charge in [0, 0.05) is 36.2 Å². The van der Waals surface area contributed by atoms with Gasteiger partial charge in [-0.3, -0.25) is 0 Å². The normalized spacial score (nSPS) is 34.2. The molecule has 5 aliphatic rings. The van der Waals surface area contributed by atoms with Crippen LogP contribution in [-0.4, -0.2) is 34.6 Å². The minimum absolute atomic E-state index is 0.298. The maximum atomic E-state index is 9.70. The molecule has 0 aliphatic heterocycles. The monoisotopic (exact) mass is 519 g/mol. The summed E-state index contributed by atoms with van der Waals surface area (Å²) in [6.07, 6.45) is 12.9. The molecule has 5 atom stereocenters. The summed E-state index contributed by atoms with van der Waals surface area (Å²) >= 11 is 6.29. The highest BCUT2D eigenvalue weighted by molar-refractivity contribution is 6.31. The van der Waals surface area contributed by atoms with Gasteiger partial charge in [-0.05, 0) is 92.6 Å². The summed E-state index contributed by atoms with van der Waals surface area (Å²) in [7, 11) is 0. The van der Waals surface area contributed by atoms with Gasteiger partial charge in [0.15, 0.2) is 0 Å². The van der Waals surface area contributed by atoms with Crippen LogP contribution in [-0.2, 0) is 6.54 Å². The predicted molar refractivity (Wildman–Crippen MR) is 147 cm³/mol. The third-order valence-corrected chi connectivity index (χ3v) is 9.90. The molecule has 5 N–H and O–H groups in total. The number of benzene rings is 1. The molecule has 196 valence electrons. The summed E-state index contributed by atoms with van der Waals surface area (Å²) in [5, 5.41) is 21.4. The molecule has 5 aliphatic carbocycles. The van der Waals surface area contributed by atoms with Crippen LogP contribution in [0.25, 0.3) is 0 Å². The predicted octanol–water partition coefficient (Wildman–Crippen LogP) is 5.08. The maximum absolute atomic E-state index is 9.70. The minimum Gasteiger partial charge on any atom is -0.368 e. The molecule has 37 heavy (non-hydrogen) atoms. The van der Waals surface area contributed by atoms with Crippen LogP contribution in [0, 0.1) is 34.5 Å². The standard InChI is InChI=1S/C29H38ClN7/c30-25-4-2-1-3-19(25)15-33-28-34-16-22(14-31)27(37-28)35-17-29-11-18-9-20(12-29)26(21(10-18)13-29)36-24-7-5-23(32)6-8-24/h1-4,16,18,20-21,23-24,26,36H,5-13,15,17,32H2,(H2,33,34,35,37)/t18?,20-,21+,23?,24?,26?,29?. The van der Waals surface area contributed by atoms with Crippen molar-refractivity contribution in [1.29, 1.82) is 5.26 Å². The molecule has 7 nitrogen and oxygen atoms in total. The molecule has 0 saturated heterocycles. The number of nitrogens with one attached hydrogen (secondary N) is 3. The van der Waals surface area contributed by atoms with Gasteiger partial charge in [-0.15, -0.1) is 0 Å². The Hall–Kier alpha value is -2.40. The van der Waals surface area contributed by atoms with Crippen LogP contribution in [0.15, 0.2) is 30.5 Å². The molecule has 0 radical (unpaired) electrons. The minimum atomic E-state index is 0.298. The van der Waals surface area contributed by atoms with Crippen molar-refractivity contribution in [2.75, 3.05) is 17.2 Å². The summed E-state index contributed by atoms with van der Waals surface area (Å²) in [4.78, 5) is 9.04. The molecule has 8 heteroatoms. The quantitative estimate of drug-likeness (QED) is 0.384. The van der Waals surface area contributed by atoms with E-state index in [-0.39, 0.29) is 0 Å². The van der Waals surface area contributed by atoms with Gasteiger partial charge < -0.3 is 21.7 Å². The molecule has 0 spiro atoms. The van der Waals surface area contributed by atoms with Gasteiger partial charge >= 0.3 is 0 Å². The third-order valence-electron chi connectivity index (χ3n) is 9.53. The number of anilines is 2. The van der Waals surface area contributed by atoms with Crippen molar-refractivity contribution in [2.24, 2.45) is 28.9 Å². The van der Waals surface area contributed by atoms with E-state index in [1.165, 1.54) is 44.9 Å². The van der Waals surface area contributed by atoms with Gasteiger partial charge in [-0.25, -0.2) is 4.98 Å². The Morgan fingerprint density at radius 1 is 1.05 bits per heavy atom. The molecule has 1 aromatic carbocycles. The zero-order valence-electron chi connectivity index (χ0n) is 21.4. The van der Waals surface area contributed by atoms with E-state index in [1.807, 2.05) is 24.3 Å². The van der Waals surface area contributed by atoms with Crippen LogP contribution < -0.4 is 21.7 Å². The van der Waals surface area contributed by atoms with Gasteiger partial charge in [0.1, 0.15) is 17.5 Å². The second-order valence-corrected chi connectivity index (χ2v) is 12.5. The number of rotatable bonds is 8. The first kappa shape index (κ1) is 24.9. The largest absolute Gasteiger partial charge is 0.368 e. The smallest absolute Gasteiger partial charge is 0.224 e. The van der Waals surface area contributed by atoms with Crippen molar-refractivity contribution in [1.82, 2.24) is 15.3 Å². The molecule has 4 bridgehead atoms. The van der Waals surface area contributed by atoms with Gasteiger partial charge in [0.2, 0.25) is 5.95 Å². The summed E-state index contributed by atoms with van der Waals surface area (Å²) < 4.78 is 0. The van der Waals surface area contributed by atoms with E-state index in [4.69, 9.17) is 17.3 Å². The molecule has 5 fully saturated rings. The fraction of sp³-hybridized carbons (Fsp3) is 0.621. The van der Waals surface area contributed by atoms with E-state index in [2.05, 4.69) is 32.0 Å². The number of nitrogens with two attached hydrogens (primary N) is 1. The maximum Gasteiger partial charge on any atom is 0.224 e. The fourth-order valence-corrected chi connectivity index (χ4v) is 8.21. The summed E-state index contributed by atoms with van der Waals surface area (Å²) in [6.45, 7) is 1.40. The summed E-state index contributed by atoms with van der Waals surface area (Å²) in [5.41, 5.74) is 7.92. The van der Waals surface area contributed by atoms with Gasteiger partial charge in [-0.1, -0.05) is 29.8 Å². The molecule has 1 aromatic heterocycles. The van der Waals surface area contributed by atoms with Crippen LogP contribution in [0.1, 0.15) is 68.9 Å². The Morgan fingerprint density at radius 2 is 1.81 bits per heavy atom. The Morgan fingerprint density at radius 3 is 2.54 bits per heavy atom. The zero-order chi connectivity index (χ0) is 25.4. The lowest BCUT2D eigenvalue weighted by Gasteiger charge is -2.61. The number of nitrogens with zero attached hydrogens (tertiary/aromatic N) is 3. The van der Waals surface area contributed by atoms with Crippen LogP contribution in [0.2, 0.25) is 5.02 Å². The van der Waals surface area contributed by atoms with E-state index < -0.39 is 0 Å². The lowest BCUT2D eigenvalue weighted by atomic mass is 9.47. The van der Waals surface area contributed by atoms with E-state index in [0.717, 1.165) is 42.7 Å². The van der Waals surface area contributed by atoms with Crippen LogP contribution in [0.4, 0.5) is 11.8 Å². The first-order valence-electron chi connectivity index (χ1n) is 14.0. The number of hydrogen-bond acceptors (Lipinski definition) is 7. The number of halogens is 1. The lowest BCUT2D eigenvalue weighted by molar-refractivity contribution is -0.0729. The van der Waals surface area contributed by atoms with E-state index >= 15 is 0 Å². The highest BCUT2D eigenvalue weighted by Crippen LogP contribution is 2.60. The van der Waals surface area contributed by atoms with Crippen molar-refractivity contribution in [2.45, 2.75) is 82.5 Å². The van der Waals surface area contributed by atoms with E-state index in [9.17, 15) is 5.26 Å². The van der Waals surface area contributed by atoms with Crippen molar-refractivity contribution < 1.29 is 0 Å². The van der Waals surface area contributed by atoms with Gasteiger partial charge in [0.25, 0.3) is 0 Å². The molecule has 2 aromatic rings. The van der Waals surface area contributed by atoms with E-state index in [0.29, 0.717) is 52.4 Å². The number of aromatic nitrogens is 2. The average Bonchev–Trinajstić information content (AvgIpc) is 2.90. The Kier molecular flexibility index (Phi) is 7.00. The highest BCUT2D eigenvalue weighted by atomic mass is 35.5. The average molecular weight is 520 g/mol. The van der Waals surface area contributed by atoms with Crippen molar-refractivity contribution in [3.05, 3.63) is 46.6 Å². The number of nitriles is 1. The topological polar surface area (TPSA) is 112 Å². The highest BCUT2D eigenvalue weighted by Gasteiger charge is 2.55. The van der Waals surface area contributed by atoms with Crippen LogP contribution in [0.3, 0.4) is 0 Å². The Labute approximate surface area is 225 Å². The molecular formula is C29H38ClN7. The molecular weight excluding hydrogens is 482 g/mol. The first-order chi connectivity index (χ1) is 18.0. The SMILES string of the molecule is N#Cc1cnc(NCc2ccccc2Cl)nc1NCC12CC3C[C@H](C1)C(NC1CCC(N)CC1)[C@@H](C3)C2. The Bertz CT molecular complexity index is 1140. The molecule has 1 heterocycles. The molecule has 7 rings (SSSR count). The van der Waals surface area contributed by atoms with Crippen molar-refractivity contribution in [3.8, 4) is 6.07 Å². The summed E-state index contributed by atoms with van der Waals surface area (Å²) in [6, 6.07) is 11.7. The third kappa shape index (κ3) is 5.30. The first-order valence-corrected chi connectivity index (χ1v) is 14.4. The van der Waals surface area contributed by atoms with Crippen molar-refractivity contribution >= 4 is 23.4 Å². The molecule has 0 amide bonds. The second kappa shape index (κ2) is 10.4. The van der Waals surface area contributed by atoms with Gasteiger partial charge in [0.05, 0.1) is 6.20 Å². The Balaban J connectivity index is 1.11. The zero-order valence-corrected chi connectivity index (χ0v) is 22.2. The van der Waals surface area contributed by atoms with Gasteiger partial charge in [-0.2, -0.15) is 10.2 Å².